The number of hydrogen-bond acceptors (Lipinski definition) is 2. The Morgan fingerprint density at radius 1 is 0.333 bits per heavy atom. The molecule has 0 unspecified atom stereocenters. The highest BCUT2D eigenvalue weighted by atomic mass is 15.2. The third-order valence-corrected chi connectivity index (χ3v) is 14.5. The highest BCUT2D eigenvalue weighted by molar-refractivity contribution is 5.93. The molecule has 2 heteroatoms. The van der Waals surface area contributed by atoms with Crippen LogP contribution < -0.4 is 9.80 Å². The maximum atomic E-state index is 2.49. The molecule has 9 aromatic rings. The van der Waals surface area contributed by atoms with E-state index in [-0.39, 0.29) is 10.8 Å². The van der Waals surface area contributed by atoms with E-state index in [1.165, 1.54) is 78.1 Å². The Morgan fingerprint density at radius 3 is 1.44 bits per heavy atom. The Balaban J connectivity index is 1.03. The second kappa shape index (κ2) is 13.8. The van der Waals surface area contributed by atoms with Crippen molar-refractivity contribution < 1.29 is 0 Å². The van der Waals surface area contributed by atoms with Gasteiger partial charge in [-0.2, -0.15) is 0 Å². The van der Waals surface area contributed by atoms with E-state index in [0.29, 0.717) is 0 Å². The van der Waals surface area contributed by atoms with Crippen LogP contribution in [0.5, 0.6) is 0 Å². The SMILES string of the molecule is CC1(C)c2ccccc2-c2ccc(N(c3ccccc3)c3ccc(N4c5ccccc5C(c5ccccc5)(c5cccc6c5C(C)(C)c5ccccc5-6)c5ccccc54)cc3)cc21. The molecule has 0 spiro atoms. The smallest absolute Gasteiger partial charge is 0.0745 e. The maximum absolute atomic E-state index is 2.49. The Kier molecular flexibility index (Phi) is 8.18. The summed E-state index contributed by atoms with van der Waals surface area (Å²) in [7, 11) is 0. The normalized spacial score (nSPS) is 15.3. The average Bonchev–Trinajstić information content (AvgIpc) is 3.71. The molecule has 0 amide bonds. The molecular formula is C61H48N2. The van der Waals surface area contributed by atoms with E-state index < -0.39 is 5.41 Å². The highest BCUT2D eigenvalue weighted by Gasteiger charge is 2.50. The van der Waals surface area contributed by atoms with Crippen LogP contribution in [-0.4, -0.2) is 0 Å². The molecule has 0 saturated carbocycles. The van der Waals surface area contributed by atoms with Gasteiger partial charge >= 0.3 is 0 Å². The summed E-state index contributed by atoms with van der Waals surface area (Å²) >= 11 is 0. The van der Waals surface area contributed by atoms with Crippen molar-refractivity contribution in [2.75, 3.05) is 9.80 Å². The molecule has 0 radical (unpaired) electrons. The second-order valence-corrected chi connectivity index (χ2v) is 18.5. The largest absolute Gasteiger partial charge is 0.310 e. The molecule has 0 fully saturated rings. The first kappa shape index (κ1) is 37.4. The molecule has 2 aliphatic carbocycles. The number of anilines is 6. The predicted octanol–water partition coefficient (Wildman–Crippen LogP) is 15.9. The van der Waals surface area contributed by atoms with E-state index in [1.54, 1.807) is 0 Å². The molecule has 3 aliphatic rings. The number of benzene rings is 9. The summed E-state index contributed by atoms with van der Waals surface area (Å²) in [5.41, 5.74) is 21.9. The van der Waals surface area contributed by atoms with Gasteiger partial charge in [-0.15, -0.1) is 0 Å². The van der Waals surface area contributed by atoms with Crippen LogP contribution in [0.2, 0.25) is 0 Å². The molecule has 1 heterocycles. The molecule has 302 valence electrons. The zero-order chi connectivity index (χ0) is 42.5. The van der Waals surface area contributed by atoms with Gasteiger partial charge in [0.05, 0.1) is 16.8 Å². The van der Waals surface area contributed by atoms with Crippen LogP contribution in [0.25, 0.3) is 22.3 Å². The van der Waals surface area contributed by atoms with Gasteiger partial charge in [0.1, 0.15) is 0 Å². The molecule has 12 rings (SSSR count). The van der Waals surface area contributed by atoms with Gasteiger partial charge < -0.3 is 9.80 Å². The third-order valence-electron chi connectivity index (χ3n) is 14.5. The number of para-hydroxylation sites is 3. The first-order valence-corrected chi connectivity index (χ1v) is 22.3. The van der Waals surface area contributed by atoms with Gasteiger partial charge in [-0.1, -0.05) is 185 Å². The molecule has 0 bridgehead atoms. The second-order valence-electron chi connectivity index (χ2n) is 18.5. The number of fused-ring (bicyclic) bond motifs is 8. The van der Waals surface area contributed by atoms with Crippen molar-refractivity contribution in [3.8, 4) is 22.3 Å². The standard InChI is InChI=1S/C61H48N2/c1-59(2)50-27-13-11-24-46(50)48-39-38-45(40-55(48)59)62(42-22-9-6-10-23-42)43-34-36-44(37-35-43)63-56-32-17-15-29-52(56)61(41-20-7-5-8-21-41,53-30-16-18-33-57(53)63)54-31-19-26-49-47-25-12-14-28-51(47)60(3,4)58(49)54/h5-40H,1-4H3. The highest BCUT2D eigenvalue weighted by Crippen LogP contribution is 2.62. The molecule has 9 aromatic carbocycles. The summed E-state index contributed by atoms with van der Waals surface area (Å²) < 4.78 is 0. The van der Waals surface area contributed by atoms with Crippen molar-refractivity contribution in [1.82, 2.24) is 0 Å². The fourth-order valence-electron chi connectivity index (χ4n) is 11.7. The quantitative estimate of drug-likeness (QED) is 0.165. The lowest BCUT2D eigenvalue weighted by Crippen LogP contribution is -2.39. The average molecular weight is 809 g/mol. The molecular weight excluding hydrogens is 761 g/mol. The van der Waals surface area contributed by atoms with Gasteiger partial charge in [-0.3, -0.25) is 0 Å². The minimum absolute atomic E-state index is 0.0995. The van der Waals surface area contributed by atoms with Crippen molar-refractivity contribution >= 4 is 34.1 Å². The van der Waals surface area contributed by atoms with Gasteiger partial charge in [0, 0.05) is 33.6 Å². The predicted molar refractivity (Wildman–Crippen MR) is 263 cm³/mol. The van der Waals surface area contributed by atoms with E-state index in [0.717, 1.165) is 22.7 Å². The number of hydrogen-bond donors (Lipinski definition) is 0. The number of rotatable bonds is 6. The van der Waals surface area contributed by atoms with Crippen molar-refractivity contribution in [3.63, 3.8) is 0 Å². The van der Waals surface area contributed by atoms with Crippen molar-refractivity contribution in [2.24, 2.45) is 0 Å². The molecule has 63 heavy (non-hydrogen) atoms. The number of nitrogens with zero attached hydrogens (tertiary/aromatic N) is 2. The third kappa shape index (κ3) is 5.25. The van der Waals surface area contributed by atoms with Crippen LogP contribution in [-0.2, 0) is 16.2 Å². The van der Waals surface area contributed by atoms with Crippen LogP contribution in [0.4, 0.5) is 34.1 Å². The van der Waals surface area contributed by atoms with Crippen LogP contribution in [0, 0.1) is 0 Å². The lowest BCUT2D eigenvalue weighted by atomic mass is 9.59. The summed E-state index contributed by atoms with van der Waals surface area (Å²) in [6.07, 6.45) is 0. The molecule has 2 nitrogen and oxygen atoms in total. The van der Waals surface area contributed by atoms with Crippen LogP contribution in [0.1, 0.15) is 72.2 Å². The Morgan fingerprint density at radius 2 is 0.794 bits per heavy atom. The van der Waals surface area contributed by atoms with Gasteiger partial charge in [-0.05, 0) is 127 Å². The molecule has 0 atom stereocenters. The van der Waals surface area contributed by atoms with Crippen LogP contribution in [0.15, 0.2) is 218 Å². The van der Waals surface area contributed by atoms with Crippen LogP contribution >= 0.6 is 0 Å². The maximum Gasteiger partial charge on any atom is 0.0745 e. The van der Waals surface area contributed by atoms with Gasteiger partial charge in [-0.25, -0.2) is 0 Å². The lowest BCUT2D eigenvalue weighted by molar-refractivity contribution is 0.625. The summed E-state index contributed by atoms with van der Waals surface area (Å²) in [6, 6.07) is 81.4. The zero-order valence-electron chi connectivity index (χ0n) is 36.2. The fourth-order valence-corrected chi connectivity index (χ4v) is 11.7. The van der Waals surface area contributed by atoms with E-state index in [9.17, 15) is 0 Å². The first-order valence-electron chi connectivity index (χ1n) is 22.3. The Bertz CT molecular complexity index is 3180. The zero-order valence-corrected chi connectivity index (χ0v) is 36.2. The summed E-state index contributed by atoms with van der Waals surface area (Å²) in [4.78, 5) is 4.89. The van der Waals surface area contributed by atoms with E-state index in [1.807, 2.05) is 0 Å². The Labute approximate surface area is 371 Å². The molecule has 0 saturated heterocycles. The van der Waals surface area contributed by atoms with E-state index >= 15 is 0 Å². The topological polar surface area (TPSA) is 6.48 Å². The fraction of sp³-hybridized carbons (Fsp3) is 0.115. The lowest BCUT2D eigenvalue weighted by Gasteiger charge is -2.48. The van der Waals surface area contributed by atoms with Crippen molar-refractivity contribution in [3.05, 3.63) is 263 Å². The summed E-state index contributed by atoms with van der Waals surface area (Å²) in [5, 5.41) is 0. The van der Waals surface area contributed by atoms with Crippen molar-refractivity contribution in [1.29, 1.82) is 0 Å². The van der Waals surface area contributed by atoms with Gasteiger partial charge in [0.15, 0.2) is 0 Å². The van der Waals surface area contributed by atoms with Crippen LogP contribution in [0.3, 0.4) is 0 Å². The molecule has 0 aromatic heterocycles. The minimum atomic E-state index is -0.597. The molecule has 1 aliphatic heterocycles. The first-order chi connectivity index (χ1) is 30.8. The summed E-state index contributed by atoms with van der Waals surface area (Å²) in [6.45, 7) is 9.54. The van der Waals surface area contributed by atoms with Gasteiger partial charge in [0.25, 0.3) is 0 Å². The van der Waals surface area contributed by atoms with Gasteiger partial charge in [0.2, 0.25) is 0 Å². The Hall–Kier alpha value is -7.42. The van der Waals surface area contributed by atoms with Crippen molar-refractivity contribution in [2.45, 2.75) is 43.9 Å². The minimum Gasteiger partial charge on any atom is -0.310 e. The van der Waals surface area contributed by atoms with E-state index in [2.05, 4.69) is 256 Å². The van der Waals surface area contributed by atoms with E-state index in [4.69, 9.17) is 0 Å². The monoisotopic (exact) mass is 808 g/mol. The molecule has 0 N–H and O–H groups in total. The summed E-state index contributed by atoms with van der Waals surface area (Å²) in [5.74, 6) is 0.